The van der Waals surface area contributed by atoms with E-state index in [0.29, 0.717) is 12.5 Å². The molecule has 21 heavy (non-hydrogen) atoms. The van der Waals surface area contributed by atoms with Crippen LogP contribution in [0.1, 0.15) is 48.9 Å². The number of rotatable bonds is 4. The Kier molecular flexibility index (Phi) is 4.79. The summed E-state index contributed by atoms with van der Waals surface area (Å²) in [6.07, 6.45) is 4.69. The third-order valence-corrected chi connectivity index (χ3v) is 4.07. The van der Waals surface area contributed by atoms with E-state index >= 15 is 0 Å². The molecule has 2 aromatic rings. The summed E-state index contributed by atoms with van der Waals surface area (Å²) in [6.45, 7) is 9.58. The van der Waals surface area contributed by atoms with E-state index in [1.54, 1.807) is 0 Å². The van der Waals surface area contributed by atoms with Crippen LogP contribution in [0.25, 0.3) is 0 Å². The lowest BCUT2D eigenvalue weighted by atomic mass is 9.82. The Balaban J connectivity index is 2.33. The Labute approximate surface area is 128 Å². The maximum Gasteiger partial charge on any atom is 0.0300 e. The van der Waals surface area contributed by atoms with Crippen molar-refractivity contribution in [3.8, 4) is 0 Å². The fourth-order valence-corrected chi connectivity index (χ4v) is 2.67. The van der Waals surface area contributed by atoms with Crippen LogP contribution in [-0.4, -0.2) is 11.5 Å². The van der Waals surface area contributed by atoms with Crippen LogP contribution in [0.15, 0.2) is 42.7 Å². The summed E-state index contributed by atoms with van der Waals surface area (Å²) in [6, 6.07) is 10.9. The second-order valence-electron chi connectivity index (χ2n) is 6.82. The quantitative estimate of drug-likeness (QED) is 0.921. The largest absolute Gasteiger partial charge is 0.330 e. The van der Waals surface area contributed by atoms with Crippen LogP contribution in [0.4, 0.5) is 0 Å². The number of pyridine rings is 1. The molecule has 0 aliphatic carbocycles. The first-order valence-corrected chi connectivity index (χ1v) is 7.62. The van der Waals surface area contributed by atoms with Gasteiger partial charge < -0.3 is 5.73 Å². The van der Waals surface area contributed by atoms with E-state index < -0.39 is 0 Å². The van der Waals surface area contributed by atoms with Crippen LogP contribution in [0.3, 0.4) is 0 Å². The molecule has 0 saturated heterocycles. The summed E-state index contributed by atoms with van der Waals surface area (Å²) in [4.78, 5) is 4.20. The second-order valence-corrected chi connectivity index (χ2v) is 6.82. The van der Waals surface area contributed by atoms with E-state index in [4.69, 9.17) is 5.73 Å². The SMILES string of the molecule is Cc1ccc(C(C)(C)C)cc1C(CN)Cc1cccnc1. The van der Waals surface area contributed by atoms with Gasteiger partial charge in [-0.1, -0.05) is 45.0 Å². The van der Waals surface area contributed by atoms with E-state index in [1.165, 1.54) is 22.3 Å². The molecule has 0 spiro atoms. The van der Waals surface area contributed by atoms with E-state index in [-0.39, 0.29) is 5.41 Å². The molecule has 0 bridgehead atoms. The first-order valence-electron chi connectivity index (χ1n) is 7.62. The molecule has 112 valence electrons. The molecule has 2 nitrogen and oxygen atoms in total. The fourth-order valence-electron chi connectivity index (χ4n) is 2.67. The van der Waals surface area contributed by atoms with E-state index in [1.807, 2.05) is 18.5 Å². The highest BCUT2D eigenvalue weighted by Gasteiger charge is 2.18. The minimum absolute atomic E-state index is 0.163. The van der Waals surface area contributed by atoms with Gasteiger partial charge in [0.25, 0.3) is 0 Å². The van der Waals surface area contributed by atoms with Crippen molar-refractivity contribution in [2.75, 3.05) is 6.54 Å². The van der Waals surface area contributed by atoms with Gasteiger partial charge in [0.2, 0.25) is 0 Å². The molecule has 0 aliphatic heterocycles. The van der Waals surface area contributed by atoms with Gasteiger partial charge in [0.1, 0.15) is 0 Å². The number of hydrogen-bond donors (Lipinski definition) is 1. The Morgan fingerprint density at radius 1 is 1.19 bits per heavy atom. The van der Waals surface area contributed by atoms with Gasteiger partial charge in [-0.15, -0.1) is 0 Å². The van der Waals surface area contributed by atoms with Gasteiger partial charge >= 0.3 is 0 Å². The molecule has 0 aliphatic rings. The van der Waals surface area contributed by atoms with Crippen molar-refractivity contribution >= 4 is 0 Å². The van der Waals surface area contributed by atoms with Crippen LogP contribution < -0.4 is 5.73 Å². The Morgan fingerprint density at radius 3 is 2.52 bits per heavy atom. The zero-order chi connectivity index (χ0) is 15.5. The molecule has 2 rings (SSSR count). The standard InChI is InChI=1S/C19H26N2/c1-14-7-8-17(19(2,3)4)11-18(14)16(12-20)10-15-6-5-9-21-13-15/h5-9,11,13,16H,10,12,20H2,1-4H3. The fraction of sp³-hybridized carbons (Fsp3) is 0.421. The monoisotopic (exact) mass is 282 g/mol. The zero-order valence-corrected chi connectivity index (χ0v) is 13.6. The average Bonchev–Trinajstić information content (AvgIpc) is 2.45. The van der Waals surface area contributed by atoms with E-state index in [0.717, 1.165) is 6.42 Å². The van der Waals surface area contributed by atoms with Crippen LogP contribution in [-0.2, 0) is 11.8 Å². The van der Waals surface area contributed by atoms with Crippen molar-refractivity contribution in [1.29, 1.82) is 0 Å². The molecule has 1 aromatic heterocycles. The van der Waals surface area contributed by atoms with Crippen molar-refractivity contribution < 1.29 is 0 Å². The predicted molar refractivity (Wildman–Crippen MR) is 89.6 cm³/mol. The third-order valence-electron chi connectivity index (χ3n) is 4.07. The normalized spacial score (nSPS) is 13.2. The minimum atomic E-state index is 0.163. The molecular weight excluding hydrogens is 256 g/mol. The number of aryl methyl sites for hydroxylation is 1. The topological polar surface area (TPSA) is 38.9 Å². The number of hydrogen-bond acceptors (Lipinski definition) is 2. The molecule has 0 saturated carbocycles. The summed E-state index contributed by atoms with van der Waals surface area (Å²) < 4.78 is 0. The maximum absolute atomic E-state index is 6.06. The minimum Gasteiger partial charge on any atom is -0.330 e. The molecule has 2 heteroatoms. The molecule has 1 atom stereocenters. The lowest BCUT2D eigenvalue weighted by Crippen LogP contribution is -2.18. The van der Waals surface area contributed by atoms with E-state index in [9.17, 15) is 0 Å². The van der Waals surface area contributed by atoms with Gasteiger partial charge in [-0.2, -0.15) is 0 Å². The van der Waals surface area contributed by atoms with Crippen LogP contribution in [0.2, 0.25) is 0 Å². The molecule has 0 amide bonds. The van der Waals surface area contributed by atoms with Crippen molar-refractivity contribution in [3.05, 3.63) is 65.0 Å². The molecular formula is C19H26N2. The maximum atomic E-state index is 6.06. The van der Waals surface area contributed by atoms with Gasteiger partial charge in [-0.25, -0.2) is 0 Å². The molecule has 1 aromatic carbocycles. The molecule has 0 radical (unpaired) electrons. The Bertz CT molecular complexity index is 582. The zero-order valence-electron chi connectivity index (χ0n) is 13.6. The van der Waals surface area contributed by atoms with Gasteiger partial charge in [0, 0.05) is 18.3 Å². The van der Waals surface area contributed by atoms with Gasteiger partial charge in [-0.05, 0) is 53.6 Å². The van der Waals surface area contributed by atoms with Crippen molar-refractivity contribution in [2.24, 2.45) is 5.73 Å². The molecule has 0 fully saturated rings. The van der Waals surface area contributed by atoms with Crippen molar-refractivity contribution in [1.82, 2.24) is 4.98 Å². The van der Waals surface area contributed by atoms with Crippen LogP contribution in [0, 0.1) is 6.92 Å². The smallest absolute Gasteiger partial charge is 0.0300 e. The molecule has 1 heterocycles. The summed E-state index contributed by atoms with van der Waals surface area (Å²) in [5, 5.41) is 0. The van der Waals surface area contributed by atoms with Crippen molar-refractivity contribution in [3.63, 3.8) is 0 Å². The van der Waals surface area contributed by atoms with Crippen molar-refractivity contribution in [2.45, 2.75) is 45.4 Å². The van der Waals surface area contributed by atoms with Gasteiger partial charge in [0.05, 0.1) is 0 Å². The summed E-state index contributed by atoms with van der Waals surface area (Å²) in [5.74, 6) is 0.344. The second kappa shape index (κ2) is 6.40. The highest BCUT2D eigenvalue weighted by atomic mass is 14.6. The number of aromatic nitrogens is 1. The Morgan fingerprint density at radius 2 is 1.95 bits per heavy atom. The number of nitrogens with zero attached hydrogens (tertiary/aromatic N) is 1. The first kappa shape index (κ1) is 15.7. The number of benzene rings is 1. The predicted octanol–water partition coefficient (Wildman–Crippen LogP) is 3.97. The summed E-state index contributed by atoms with van der Waals surface area (Å²) in [7, 11) is 0. The summed E-state index contributed by atoms with van der Waals surface area (Å²) in [5.41, 5.74) is 11.5. The highest BCUT2D eigenvalue weighted by Crippen LogP contribution is 2.29. The van der Waals surface area contributed by atoms with Gasteiger partial charge in [-0.3, -0.25) is 4.98 Å². The lowest BCUT2D eigenvalue weighted by molar-refractivity contribution is 0.586. The van der Waals surface area contributed by atoms with Crippen LogP contribution in [0.5, 0.6) is 0 Å². The lowest BCUT2D eigenvalue weighted by Gasteiger charge is -2.24. The van der Waals surface area contributed by atoms with E-state index in [2.05, 4.69) is 56.9 Å². The average molecular weight is 282 g/mol. The third kappa shape index (κ3) is 3.92. The highest BCUT2D eigenvalue weighted by molar-refractivity contribution is 5.37. The molecule has 1 unspecified atom stereocenters. The Hall–Kier alpha value is -1.67. The number of nitrogens with two attached hydrogens (primary N) is 1. The first-order chi connectivity index (χ1) is 9.91. The molecule has 2 N–H and O–H groups in total. The van der Waals surface area contributed by atoms with Crippen LogP contribution >= 0.6 is 0 Å². The summed E-state index contributed by atoms with van der Waals surface area (Å²) >= 11 is 0. The van der Waals surface area contributed by atoms with Gasteiger partial charge in [0.15, 0.2) is 0 Å².